The van der Waals surface area contributed by atoms with Crippen LogP contribution in [0, 0.1) is 5.92 Å². The number of hydrogen-bond acceptors (Lipinski definition) is 5. The van der Waals surface area contributed by atoms with E-state index in [1.165, 1.54) is 38.5 Å². The number of piperidine rings is 1. The number of aromatic nitrogens is 2. The topological polar surface area (TPSA) is 59.2 Å². The minimum absolute atomic E-state index is 0.320. The molecule has 1 aromatic rings. The first-order valence-electron chi connectivity index (χ1n) is 9.50. The number of likely N-dealkylation sites (tertiary alicyclic amines) is 1. The number of hydrogen-bond donors (Lipinski definition) is 0. The smallest absolute Gasteiger partial charge is 0.232 e. The highest BCUT2D eigenvalue weighted by molar-refractivity contribution is 8.00. The van der Waals surface area contributed by atoms with Crippen molar-refractivity contribution in [3.05, 3.63) is 11.7 Å². The van der Waals surface area contributed by atoms with Crippen LogP contribution >= 0.6 is 11.8 Å². The molecule has 2 heterocycles. The maximum atomic E-state index is 12.5. The third kappa shape index (κ3) is 4.13. The van der Waals surface area contributed by atoms with Crippen molar-refractivity contribution in [2.75, 3.05) is 18.8 Å². The molecular weight excluding hydrogens is 322 g/mol. The van der Waals surface area contributed by atoms with Crippen LogP contribution in [0.1, 0.15) is 69.0 Å². The number of nitrogens with zero attached hydrogens (tertiary/aromatic N) is 3. The Morgan fingerprint density at radius 3 is 2.79 bits per heavy atom. The van der Waals surface area contributed by atoms with Crippen LogP contribution < -0.4 is 0 Å². The van der Waals surface area contributed by atoms with Crippen molar-refractivity contribution >= 4 is 17.7 Å². The largest absolute Gasteiger partial charge is 0.342 e. The second-order valence-electron chi connectivity index (χ2n) is 7.59. The van der Waals surface area contributed by atoms with Crippen molar-refractivity contribution in [3.8, 4) is 0 Å². The summed E-state index contributed by atoms with van der Waals surface area (Å²) in [5, 5.41) is 4.82. The predicted octanol–water partition coefficient (Wildman–Crippen LogP) is 3.40. The zero-order valence-corrected chi connectivity index (χ0v) is 15.1. The standard InChI is InChI=1S/C18H27N3O2S/c22-17(12-24-15-5-1-2-6-15)21-9-3-4-13(11-21)10-16-19-18(20-23-16)14-7-8-14/h13-15H,1-12H2/t13-/m0/s1. The van der Waals surface area contributed by atoms with E-state index in [4.69, 9.17) is 4.52 Å². The third-order valence-corrected chi connectivity index (χ3v) is 6.86. The lowest BCUT2D eigenvalue weighted by molar-refractivity contribution is -0.130. The molecule has 4 rings (SSSR count). The average molecular weight is 350 g/mol. The molecule has 1 saturated heterocycles. The Balaban J connectivity index is 1.25. The summed E-state index contributed by atoms with van der Waals surface area (Å²) in [7, 11) is 0. The molecule has 0 spiro atoms. The van der Waals surface area contributed by atoms with Gasteiger partial charge < -0.3 is 9.42 Å². The highest BCUT2D eigenvalue weighted by atomic mass is 32.2. The molecule has 1 amide bonds. The van der Waals surface area contributed by atoms with E-state index >= 15 is 0 Å². The zero-order chi connectivity index (χ0) is 16.4. The molecule has 6 heteroatoms. The molecule has 5 nitrogen and oxygen atoms in total. The number of carbonyl (C=O) groups is 1. The van der Waals surface area contributed by atoms with Crippen molar-refractivity contribution in [1.29, 1.82) is 0 Å². The number of rotatable bonds is 6. The quantitative estimate of drug-likeness (QED) is 0.788. The first-order valence-corrected chi connectivity index (χ1v) is 10.5. The summed E-state index contributed by atoms with van der Waals surface area (Å²) in [6, 6.07) is 0. The van der Waals surface area contributed by atoms with Gasteiger partial charge in [0, 0.05) is 30.7 Å². The van der Waals surface area contributed by atoms with Crippen molar-refractivity contribution < 1.29 is 9.32 Å². The van der Waals surface area contributed by atoms with Gasteiger partial charge in [-0.05, 0) is 44.4 Å². The SMILES string of the molecule is O=C(CSC1CCCC1)N1CCC[C@@H](Cc2nc(C3CC3)no2)C1. The van der Waals surface area contributed by atoms with Gasteiger partial charge in [0.1, 0.15) is 0 Å². The van der Waals surface area contributed by atoms with Crippen molar-refractivity contribution in [2.45, 2.75) is 69.0 Å². The van der Waals surface area contributed by atoms with Crippen molar-refractivity contribution in [3.63, 3.8) is 0 Å². The summed E-state index contributed by atoms with van der Waals surface area (Å²) in [4.78, 5) is 19.1. The van der Waals surface area contributed by atoms with E-state index in [9.17, 15) is 4.79 Å². The molecule has 0 N–H and O–H groups in total. The van der Waals surface area contributed by atoms with Crippen LogP contribution in [0.15, 0.2) is 4.52 Å². The number of thioether (sulfide) groups is 1. The van der Waals surface area contributed by atoms with Crippen LogP contribution in [-0.4, -0.2) is 45.0 Å². The van der Waals surface area contributed by atoms with Gasteiger partial charge in [0.15, 0.2) is 5.82 Å². The Hall–Kier alpha value is -1.04. The van der Waals surface area contributed by atoms with Crippen LogP contribution in [-0.2, 0) is 11.2 Å². The van der Waals surface area contributed by atoms with E-state index in [1.54, 1.807) is 0 Å². The zero-order valence-electron chi connectivity index (χ0n) is 14.3. The Kier molecular flexibility index (Phi) is 5.11. The van der Waals surface area contributed by atoms with Crippen LogP contribution in [0.3, 0.4) is 0 Å². The minimum Gasteiger partial charge on any atom is -0.342 e. The molecule has 3 fully saturated rings. The molecule has 1 aromatic heterocycles. The van der Waals surface area contributed by atoms with Gasteiger partial charge in [-0.15, -0.1) is 11.8 Å². The number of carbonyl (C=O) groups excluding carboxylic acids is 1. The second kappa shape index (κ2) is 7.46. The van der Waals surface area contributed by atoms with Gasteiger partial charge in [-0.25, -0.2) is 0 Å². The fourth-order valence-electron chi connectivity index (χ4n) is 3.90. The van der Waals surface area contributed by atoms with E-state index < -0.39 is 0 Å². The van der Waals surface area contributed by atoms with Gasteiger partial charge in [0.05, 0.1) is 5.75 Å². The van der Waals surface area contributed by atoms with Crippen LogP contribution in [0.4, 0.5) is 0 Å². The van der Waals surface area contributed by atoms with E-state index in [0.717, 1.165) is 44.1 Å². The fourth-order valence-corrected chi connectivity index (χ4v) is 5.13. The van der Waals surface area contributed by atoms with Crippen LogP contribution in [0.5, 0.6) is 0 Å². The molecule has 1 aliphatic heterocycles. The lowest BCUT2D eigenvalue weighted by atomic mass is 9.95. The van der Waals surface area contributed by atoms with Gasteiger partial charge >= 0.3 is 0 Å². The first kappa shape index (κ1) is 16.4. The summed E-state index contributed by atoms with van der Waals surface area (Å²) < 4.78 is 5.41. The van der Waals surface area contributed by atoms with E-state index in [2.05, 4.69) is 15.0 Å². The molecule has 3 aliphatic rings. The summed E-state index contributed by atoms with van der Waals surface area (Å²) >= 11 is 1.87. The summed E-state index contributed by atoms with van der Waals surface area (Å²) in [5.74, 6) is 3.63. The third-order valence-electron chi connectivity index (χ3n) is 5.51. The van der Waals surface area contributed by atoms with Gasteiger partial charge in [0.25, 0.3) is 0 Å². The first-order chi connectivity index (χ1) is 11.8. The maximum absolute atomic E-state index is 12.5. The Bertz CT molecular complexity index is 566. The monoisotopic (exact) mass is 349 g/mol. The molecule has 24 heavy (non-hydrogen) atoms. The normalized spacial score (nSPS) is 25.3. The lowest BCUT2D eigenvalue weighted by Crippen LogP contribution is -2.41. The van der Waals surface area contributed by atoms with E-state index in [0.29, 0.717) is 28.7 Å². The molecular formula is C18H27N3O2S. The predicted molar refractivity (Wildman–Crippen MR) is 94.0 cm³/mol. The fraction of sp³-hybridized carbons (Fsp3) is 0.833. The highest BCUT2D eigenvalue weighted by Gasteiger charge is 2.30. The second-order valence-corrected chi connectivity index (χ2v) is 8.88. The number of amides is 1. The Morgan fingerprint density at radius 1 is 1.17 bits per heavy atom. The molecule has 2 aliphatic carbocycles. The average Bonchev–Trinajstić information content (AvgIpc) is 3.12. The van der Waals surface area contributed by atoms with Crippen LogP contribution in [0.25, 0.3) is 0 Å². The Labute approximate surface area is 147 Å². The van der Waals surface area contributed by atoms with E-state index in [1.807, 2.05) is 11.8 Å². The lowest BCUT2D eigenvalue weighted by Gasteiger charge is -2.32. The van der Waals surface area contributed by atoms with Crippen molar-refractivity contribution in [1.82, 2.24) is 15.0 Å². The highest BCUT2D eigenvalue weighted by Crippen LogP contribution is 2.38. The van der Waals surface area contributed by atoms with Gasteiger partial charge in [-0.1, -0.05) is 18.0 Å². The molecule has 0 bridgehead atoms. The van der Waals surface area contributed by atoms with Crippen LogP contribution in [0.2, 0.25) is 0 Å². The molecule has 0 radical (unpaired) electrons. The summed E-state index contributed by atoms with van der Waals surface area (Å²) in [6.07, 6.45) is 10.7. The Morgan fingerprint density at radius 2 is 2.00 bits per heavy atom. The van der Waals surface area contributed by atoms with Gasteiger partial charge in [-0.3, -0.25) is 4.79 Å². The molecule has 2 saturated carbocycles. The summed E-state index contributed by atoms with van der Waals surface area (Å²) in [5.41, 5.74) is 0. The van der Waals surface area contributed by atoms with Crippen molar-refractivity contribution in [2.24, 2.45) is 5.92 Å². The minimum atomic E-state index is 0.320. The molecule has 0 unspecified atom stereocenters. The van der Waals surface area contributed by atoms with E-state index in [-0.39, 0.29) is 0 Å². The molecule has 132 valence electrons. The van der Waals surface area contributed by atoms with Gasteiger partial charge in [0.2, 0.25) is 11.8 Å². The maximum Gasteiger partial charge on any atom is 0.232 e. The van der Waals surface area contributed by atoms with Gasteiger partial charge in [-0.2, -0.15) is 4.98 Å². The summed E-state index contributed by atoms with van der Waals surface area (Å²) in [6.45, 7) is 1.77. The molecule has 0 aromatic carbocycles. The molecule has 1 atom stereocenters.